The third kappa shape index (κ3) is 7.48. The fourth-order valence-corrected chi connectivity index (χ4v) is 0.900. The number of carbonyl (C=O) groups excluding carboxylic acids is 2. The van der Waals surface area contributed by atoms with E-state index in [4.69, 9.17) is 5.11 Å². The Morgan fingerprint density at radius 2 is 1.87 bits per heavy atom. The van der Waals surface area contributed by atoms with E-state index < -0.39 is 23.8 Å². The Balaban J connectivity index is 0. The van der Waals surface area contributed by atoms with Gasteiger partial charge in [0.2, 0.25) is 11.8 Å². The van der Waals surface area contributed by atoms with Crippen molar-refractivity contribution in [3.63, 3.8) is 0 Å². The van der Waals surface area contributed by atoms with Crippen molar-refractivity contribution < 1.29 is 19.5 Å². The van der Waals surface area contributed by atoms with Crippen molar-refractivity contribution in [2.24, 2.45) is 0 Å². The number of carboxylic acids is 1. The van der Waals surface area contributed by atoms with Crippen LogP contribution < -0.4 is 10.6 Å². The average molecular weight is 218 g/mol. The summed E-state index contributed by atoms with van der Waals surface area (Å²) < 4.78 is 0. The van der Waals surface area contributed by atoms with Crippen molar-refractivity contribution >= 4 is 17.8 Å². The van der Waals surface area contributed by atoms with Crippen molar-refractivity contribution in [2.75, 3.05) is 6.54 Å². The van der Waals surface area contributed by atoms with E-state index >= 15 is 0 Å². The number of carbonyl (C=O) groups is 3. The lowest BCUT2D eigenvalue weighted by atomic mass is 10.2. The van der Waals surface area contributed by atoms with Crippen LogP contribution in [0.15, 0.2) is 0 Å². The number of rotatable bonds is 5. The van der Waals surface area contributed by atoms with Gasteiger partial charge in [0.25, 0.3) is 0 Å². The molecule has 3 N–H and O–H groups in total. The molecule has 0 aliphatic heterocycles. The van der Waals surface area contributed by atoms with Crippen LogP contribution in [0, 0.1) is 0 Å². The minimum Gasteiger partial charge on any atom is -0.480 e. The second-order valence-electron chi connectivity index (χ2n) is 2.75. The van der Waals surface area contributed by atoms with Gasteiger partial charge in [-0.15, -0.1) is 0 Å². The first-order valence-electron chi connectivity index (χ1n) is 4.24. The fourth-order valence-electron chi connectivity index (χ4n) is 0.900. The van der Waals surface area contributed by atoms with E-state index in [2.05, 4.69) is 10.6 Å². The molecule has 0 saturated carbocycles. The number of hydrogen-bond acceptors (Lipinski definition) is 3. The van der Waals surface area contributed by atoms with Crippen LogP contribution in [0.3, 0.4) is 0 Å². The molecule has 0 heterocycles. The summed E-state index contributed by atoms with van der Waals surface area (Å²) in [5, 5.41) is 13.3. The molecule has 0 bridgehead atoms. The Morgan fingerprint density at radius 1 is 1.33 bits per heavy atom. The molecule has 0 fully saturated rings. The van der Waals surface area contributed by atoms with Crippen LogP contribution >= 0.6 is 0 Å². The Hall–Kier alpha value is -1.59. The summed E-state index contributed by atoms with van der Waals surface area (Å²) in [6, 6.07) is -1.15. The lowest BCUT2D eigenvalue weighted by Crippen LogP contribution is -2.43. The maximum Gasteiger partial charge on any atom is 0.326 e. The highest BCUT2D eigenvalue weighted by molar-refractivity contribution is 5.87. The predicted molar refractivity (Wildman–Crippen MR) is 55.3 cm³/mol. The molecule has 88 valence electrons. The molecule has 15 heavy (non-hydrogen) atoms. The Labute approximate surface area is 89.0 Å². The second kappa shape index (κ2) is 7.78. The Kier molecular flexibility index (Phi) is 8.23. The van der Waals surface area contributed by atoms with E-state index in [1.807, 2.05) is 0 Å². The van der Waals surface area contributed by atoms with Crippen LogP contribution in [0.25, 0.3) is 0 Å². The molecule has 0 rings (SSSR count). The molecule has 1 unspecified atom stereocenters. The van der Waals surface area contributed by atoms with Gasteiger partial charge in [0.15, 0.2) is 0 Å². The number of carboxylic acid groups (broad SMARTS) is 1. The molecule has 1 atom stereocenters. The average Bonchev–Trinajstić information content (AvgIpc) is 2.02. The highest BCUT2D eigenvalue weighted by Gasteiger charge is 2.21. The number of hydrogen-bond donors (Lipinski definition) is 3. The van der Waals surface area contributed by atoms with Crippen LogP contribution in [0.1, 0.15) is 27.7 Å². The van der Waals surface area contributed by atoms with E-state index in [-0.39, 0.29) is 13.8 Å². The fraction of sp³-hybridized carbons (Fsp3) is 0.667. The molecule has 0 aromatic rings. The highest BCUT2D eigenvalue weighted by atomic mass is 16.4. The quantitative estimate of drug-likeness (QED) is 0.592. The molecule has 2 amide bonds. The van der Waals surface area contributed by atoms with Crippen molar-refractivity contribution in [1.29, 1.82) is 0 Å². The molecular weight excluding hydrogens is 200 g/mol. The van der Waals surface area contributed by atoms with E-state index in [1.54, 1.807) is 6.92 Å². The molecule has 6 heteroatoms. The molecular formula is C9H18N2O4. The Morgan fingerprint density at radius 3 is 2.20 bits per heavy atom. The zero-order chi connectivity index (χ0) is 11.1. The van der Waals surface area contributed by atoms with Gasteiger partial charge in [0.1, 0.15) is 6.04 Å². The smallest absolute Gasteiger partial charge is 0.326 e. The maximum atomic E-state index is 11.0. The van der Waals surface area contributed by atoms with Crippen LogP contribution in [0.2, 0.25) is 0 Å². The summed E-state index contributed by atoms with van der Waals surface area (Å²) in [7, 11) is 0. The number of nitrogens with one attached hydrogen (secondary N) is 2. The maximum absolute atomic E-state index is 11.0. The standard InChI is InChI=1S/C8H14N2O4.CH4/c1-3-9-7(12)4-6(8(13)14)10-5(2)11;/h6H,3-4H2,1-2H3,(H,9,12)(H,10,11)(H,13,14);1H4. The first kappa shape index (κ1) is 15.9. The summed E-state index contributed by atoms with van der Waals surface area (Å²) in [6.07, 6.45) is -0.247. The zero-order valence-electron chi connectivity index (χ0n) is 8.16. The zero-order valence-corrected chi connectivity index (χ0v) is 8.16. The topological polar surface area (TPSA) is 95.5 Å². The minimum absolute atomic E-state index is 0. The summed E-state index contributed by atoms with van der Waals surface area (Å²) in [4.78, 5) is 32.2. The largest absolute Gasteiger partial charge is 0.480 e. The van der Waals surface area contributed by atoms with Crippen molar-refractivity contribution in [2.45, 2.75) is 33.7 Å². The second-order valence-corrected chi connectivity index (χ2v) is 2.75. The van der Waals surface area contributed by atoms with Gasteiger partial charge >= 0.3 is 5.97 Å². The van der Waals surface area contributed by atoms with Crippen LogP contribution in [0.4, 0.5) is 0 Å². The normalized spacial score (nSPS) is 10.8. The van der Waals surface area contributed by atoms with E-state index in [0.717, 1.165) is 0 Å². The molecule has 0 saturated heterocycles. The summed E-state index contributed by atoms with van der Waals surface area (Å²) in [5.74, 6) is -2.08. The van der Waals surface area contributed by atoms with Gasteiger partial charge in [-0.1, -0.05) is 7.43 Å². The third-order valence-electron chi connectivity index (χ3n) is 1.44. The SMILES string of the molecule is C.CCNC(=O)CC(NC(C)=O)C(=O)O. The molecule has 6 nitrogen and oxygen atoms in total. The summed E-state index contributed by atoms with van der Waals surface area (Å²) in [6.45, 7) is 3.37. The van der Waals surface area contributed by atoms with Crippen LogP contribution in [0.5, 0.6) is 0 Å². The summed E-state index contributed by atoms with van der Waals surface area (Å²) in [5.41, 5.74) is 0. The van der Waals surface area contributed by atoms with Gasteiger partial charge < -0.3 is 15.7 Å². The predicted octanol–water partition coefficient (Wildman–Crippen LogP) is -0.262. The van der Waals surface area contributed by atoms with Gasteiger partial charge in [-0.2, -0.15) is 0 Å². The number of amides is 2. The number of aliphatic carboxylic acids is 1. The Bertz CT molecular complexity index is 240. The molecule has 0 aliphatic carbocycles. The lowest BCUT2D eigenvalue weighted by Gasteiger charge is -2.12. The van der Waals surface area contributed by atoms with E-state index in [9.17, 15) is 14.4 Å². The first-order valence-corrected chi connectivity index (χ1v) is 4.24. The van der Waals surface area contributed by atoms with Gasteiger partial charge in [0.05, 0.1) is 6.42 Å². The van der Waals surface area contributed by atoms with Crippen molar-refractivity contribution in [1.82, 2.24) is 10.6 Å². The molecule has 0 aromatic carbocycles. The van der Waals surface area contributed by atoms with Crippen LogP contribution in [-0.2, 0) is 14.4 Å². The van der Waals surface area contributed by atoms with Gasteiger partial charge in [0, 0.05) is 13.5 Å². The van der Waals surface area contributed by atoms with E-state index in [1.165, 1.54) is 6.92 Å². The van der Waals surface area contributed by atoms with Crippen molar-refractivity contribution in [3.05, 3.63) is 0 Å². The van der Waals surface area contributed by atoms with Gasteiger partial charge in [-0.05, 0) is 6.92 Å². The van der Waals surface area contributed by atoms with E-state index in [0.29, 0.717) is 6.54 Å². The molecule has 0 aliphatic rings. The highest BCUT2D eigenvalue weighted by Crippen LogP contribution is 1.92. The molecule has 0 spiro atoms. The van der Waals surface area contributed by atoms with Gasteiger partial charge in [-0.3, -0.25) is 9.59 Å². The third-order valence-corrected chi connectivity index (χ3v) is 1.44. The van der Waals surface area contributed by atoms with Crippen molar-refractivity contribution in [3.8, 4) is 0 Å². The van der Waals surface area contributed by atoms with Gasteiger partial charge in [-0.25, -0.2) is 4.79 Å². The lowest BCUT2D eigenvalue weighted by molar-refractivity contribution is -0.143. The molecule has 0 radical (unpaired) electrons. The first-order chi connectivity index (χ1) is 6.47. The monoisotopic (exact) mass is 218 g/mol. The van der Waals surface area contributed by atoms with Crippen LogP contribution in [-0.4, -0.2) is 35.5 Å². The minimum atomic E-state index is -1.22. The molecule has 0 aromatic heterocycles. The summed E-state index contributed by atoms with van der Waals surface area (Å²) >= 11 is 0.